The van der Waals surface area contributed by atoms with Crippen molar-refractivity contribution in [2.24, 2.45) is 0 Å². The van der Waals surface area contributed by atoms with Gasteiger partial charge in [0.05, 0.1) is 12.2 Å². The lowest BCUT2D eigenvalue weighted by molar-refractivity contribution is 0.265. The summed E-state index contributed by atoms with van der Waals surface area (Å²) in [6.07, 6.45) is 0. The van der Waals surface area contributed by atoms with Crippen molar-refractivity contribution in [1.82, 2.24) is 15.4 Å². The van der Waals surface area contributed by atoms with Gasteiger partial charge in [-0.3, -0.25) is 4.90 Å². The Bertz CT molecular complexity index is 563. The van der Waals surface area contributed by atoms with Gasteiger partial charge < -0.3 is 9.84 Å². The SMILES string of the molecule is Cc1cccc(CN(C)Cc2cc(CNC(C)C)no2)c1. The zero-order valence-electron chi connectivity index (χ0n) is 13.4. The Balaban J connectivity index is 1.86. The Kier molecular flexibility index (Phi) is 5.53. The number of rotatable bonds is 7. The normalized spacial score (nSPS) is 11.5. The maximum atomic E-state index is 5.40. The fourth-order valence-corrected chi connectivity index (χ4v) is 2.27. The first-order chi connectivity index (χ1) is 10.0. The summed E-state index contributed by atoms with van der Waals surface area (Å²) >= 11 is 0. The Morgan fingerprint density at radius 1 is 1.24 bits per heavy atom. The molecule has 21 heavy (non-hydrogen) atoms. The Labute approximate surface area is 127 Å². The van der Waals surface area contributed by atoms with E-state index in [9.17, 15) is 0 Å². The van der Waals surface area contributed by atoms with Crippen LogP contribution in [0.2, 0.25) is 0 Å². The van der Waals surface area contributed by atoms with Crippen molar-refractivity contribution >= 4 is 0 Å². The summed E-state index contributed by atoms with van der Waals surface area (Å²) in [5.74, 6) is 0.908. The average Bonchev–Trinajstić information content (AvgIpc) is 2.83. The monoisotopic (exact) mass is 287 g/mol. The minimum Gasteiger partial charge on any atom is -0.360 e. The fourth-order valence-electron chi connectivity index (χ4n) is 2.27. The van der Waals surface area contributed by atoms with Crippen molar-refractivity contribution in [3.63, 3.8) is 0 Å². The van der Waals surface area contributed by atoms with Gasteiger partial charge in [0.25, 0.3) is 0 Å². The van der Waals surface area contributed by atoms with Crippen molar-refractivity contribution in [3.8, 4) is 0 Å². The quantitative estimate of drug-likeness (QED) is 0.849. The maximum Gasteiger partial charge on any atom is 0.151 e. The highest BCUT2D eigenvalue weighted by Crippen LogP contribution is 2.11. The van der Waals surface area contributed by atoms with E-state index < -0.39 is 0 Å². The van der Waals surface area contributed by atoms with Crippen LogP contribution < -0.4 is 5.32 Å². The van der Waals surface area contributed by atoms with Crippen molar-refractivity contribution in [2.45, 2.75) is 46.4 Å². The van der Waals surface area contributed by atoms with Crippen LogP contribution in [0.15, 0.2) is 34.9 Å². The molecule has 0 atom stereocenters. The van der Waals surface area contributed by atoms with Crippen molar-refractivity contribution in [1.29, 1.82) is 0 Å². The second-order valence-corrected chi connectivity index (χ2v) is 5.98. The second-order valence-electron chi connectivity index (χ2n) is 5.98. The number of hydrogen-bond acceptors (Lipinski definition) is 4. The molecule has 0 unspecified atom stereocenters. The highest BCUT2D eigenvalue weighted by atomic mass is 16.5. The van der Waals surface area contributed by atoms with Gasteiger partial charge in [-0.25, -0.2) is 0 Å². The minimum absolute atomic E-state index is 0.453. The van der Waals surface area contributed by atoms with Crippen LogP contribution in [0.5, 0.6) is 0 Å². The topological polar surface area (TPSA) is 41.3 Å². The molecule has 1 aromatic carbocycles. The molecule has 0 aliphatic rings. The summed E-state index contributed by atoms with van der Waals surface area (Å²) in [4.78, 5) is 2.23. The van der Waals surface area contributed by atoms with Gasteiger partial charge in [-0.1, -0.05) is 48.8 Å². The van der Waals surface area contributed by atoms with Crippen molar-refractivity contribution in [2.75, 3.05) is 7.05 Å². The molecule has 0 bridgehead atoms. The Morgan fingerprint density at radius 3 is 2.76 bits per heavy atom. The third-order valence-electron chi connectivity index (χ3n) is 3.26. The summed E-state index contributed by atoms with van der Waals surface area (Å²) in [6, 6.07) is 11.1. The van der Waals surface area contributed by atoms with E-state index in [1.54, 1.807) is 0 Å². The average molecular weight is 287 g/mol. The molecule has 4 heteroatoms. The number of benzene rings is 1. The van der Waals surface area contributed by atoms with E-state index in [-0.39, 0.29) is 0 Å². The number of nitrogens with zero attached hydrogens (tertiary/aromatic N) is 2. The van der Waals surface area contributed by atoms with E-state index in [2.05, 4.69) is 67.5 Å². The summed E-state index contributed by atoms with van der Waals surface area (Å²) in [6.45, 7) is 8.79. The highest BCUT2D eigenvalue weighted by Gasteiger charge is 2.08. The molecule has 0 fully saturated rings. The number of aryl methyl sites for hydroxylation is 1. The minimum atomic E-state index is 0.453. The summed E-state index contributed by atoms with van der Waals surface area (Å²) in [7, 11) is 2.09. The molecule has 0 aliphatic carbocycles. The van der Waals surface area contributed by atoms with E-state index >= 15 is 0 Å². The zero-order chi connectivity index (χ0) is 15.2. The van der Waals surface area contributed by atoms with Crippen molar-refractivity contribution in [3.05, 3.63) is 52.9 Å². The van der Waals surface area contributed by atoms with Crippen LogP contribution in [0, 0.1) is 6.92 Å². The van der Waals surface area contributed by atoms with Crippen LogP contribution in [-0.4, -0.2) is 23.1 Å². The third-order valence-corrected chi connectivity index (χ3v) is 3.26. The molecule has 1 N–H and O–H groups in total. The molecule has 2 aromatic rings. The van der Waals surface area contributed by atoms with E-state index in [0.717, 1.165) is 31.1 Å². The van der Waals surface area contributed by atoms with Crippen LogP contribution in [0.3, 0.4) is 0 Å². The van der Waals surface area contributed by atoms with Crippen LogP contribution >= 0.6 is 0 Å². The third kappa shape index (κ3) is 5.33. The van der Waals surface area contributed by atoms with Crippen molar-refractivity contribution < 1.29 is 4.52 Å². The van der Waals surface area contributed by atoms with Gasteiger partial charge in [0.2, 0.25) is 0 Å². The smallest absolute Gasteiger partial charge is 0.151 e. The largest absolute Gasteiger partial charge is 0.360 e. The van der Waals surface area contributed by atoms with E-state index in [0.29, 0.717) is 6.04 Å². The molecule has 0 spiro atoms. The molecule has 0 amide bonds. The van der Waals surface area contributed by atoms with Gasteiger partial charge in [-0.05, 0) is 19.5 Å². The van der Waals surface area contributed by atoms with E-state index in [1.165, 1.54) is 11.1 Å². The molecule has 0 aliphatic heterocycles. The van der Waals surface area contributed by atoms with Gasteiger partial charge in [0.1, 0.15) is 0 Å². The first-order valence-corrected chi connectivity index (χ1v) is 7.45. The fraction of sp³-hybridized carbons (Fsp3) is 0.471. The van der Waals surface area contributed by atoms with Crippen LogP contribution in [0.4, 0.5) is 0 Å². The lowest BCUT2D eigenvalue weighted by atomic mass is 10.1. The van der Waals surface area contributed by atoms with Gasteiger partial charge in [0, 0.05) is 25.2 Å². The molecular weight excluding hydrogens is 262 g/mol. The Hall–Kier alpha value is -1.65. The summed E-state index contributed by atoms with van der Waals surface area (Å²) in [5.41, 5.74) is 3.57. The van der Waals surface area contributed by atoms with Gasteiger partial charge in [-0.15, -0.1) is 0 Å². The van der Waals surface area contributed by atoms with Gasteiger partial charge in [0.15, 0.2) is 5.76 Å². The lowest BCUT2D eigenvalue weighted by Crippen LogP contribution is -2.21. The van der Waals surface area contributed by atoms with Gasteiger partial charge >= 0.3 is 0 Å². The van der Waals surface area contributed by atoms with E-state index in [4.69, 9.17) is 4.52 Å². The number of hydrogen-bond donors (Lipinski definition) is 1. The molecule has 1 heterocycles. The molecule has 2 rings (SSSR count). The molecule has 0 saturated carbocycles. The van der Waals surface area contributed by atoms with Crippen LogP contribution in [-0.2, 0) is 19.6 Å². The molecule has 1 aromatic heterocycles. The molecule has 4 nitrogen and oxygen atoms in total. The lowest BCUT2D eigenvalue weighted by Gasteiger charge is -2.14. The van der Waals surface area contributed by atoms with Crippen LogP contribution in [0.1, 0.15) is 36.4 Å². The van der Waals surface area contributed by atoms with Gasteiger partial charge in [-0.2, -0.15) is 0 Å². The predicted molar refractivity (Wildman–Crippen MR) is 84.8 cm³/mol. The molecule has 114 valence electrons. The molecule has 0 saturated heterocycles. The maximum absolute atomic E-state index is 5.40. The first-order valence-electron chi connectivity index (χ1n) is 7.45. The zero-order valence-corrected chi connectivity index (χ0v) is 13.4. The Morgan fingerprint density at radius 2 is 2.05 bits per heavy atom. The summed E-state index contributed by atoms with van der Waals surface area (Å²) in [5, 5.41) is 7.44. The second kappa shape index (κ2) is 7.38. The predicted octanol–water partition coefficient (Wildman–Crippen LogP) is 3.11. The highest BCUT2D eigenvalue weighted by molar-refractivity contribution is 5.22. The van der Waals surface area contributed by atoms with Crippen LogP contribution in [0.25, 0.3) is 0 Å². The first kappa shape index (κ1) is 15.7. The molecule has 0 radical (unpaired) electrons. The van der Waals surface area contributed by atoms with E-state index in [1.807, 2.05) is 6.07 Å². The molecular formula is C17H25N3O. The standard InChI is InChI=1S/C17H25N3O/c1-13(2)18-10-16-9-17(21-19-16)12-20(4)11-15-7-5-6-14(3)8-15/h5-9,13,18H,10-12H2,1-4H3. The number of nitrogens with one attached hydrogen (secondary N) is 1. The summed E-state index contributed by atoms with van der Waals surface area (Å²) < 4.78 is 5.40. The number of aromatic nitrogens is 1.